The second-order valence-electron chi connectivity index (χ2n) is 12.0. The predicted octanol–water partition coefficient (Wildman–Crippen LogP) is 11.3. The molecule has 0 amide bonds. The molecule has 0 heteroatoms. The minimum Gasteiger partial charge on any atom is -0.0619 e. The topological polar surface area (TPSA) is 0 Å². The molecule has 0 unspecified atom stereocenters. The van der Waals surface area contributed by atoms with Gasteiger partial charge in [-0.15, -0.1) is 0 Å². The van der Waals surface area contributed by atoms with Crippen molar-refractivity contribution in [2.75, 3.05) is 0 Å². The maximum Gasteiger partial charge on any atom is 0.0352 e. The van der Waals surface area contributed by atoms with E-state index in [1.165, 1.54) is 77.9 Å². The van der Waals surface area contributed by atoms with Crippen LogP contribution >= 0.6 is 0 Å². The SMILES string of the molecule is c1cc(-c2ccc(C3c4ccccc4-c4ccccc43)cc2)cc(-c2ccc(C3c4ccccc4-c4ccccc43)cc2)c1. The maximum absolute atomic E-state index is 2.32. The van der Waals surface area contributed by atoms with E-state index in [1.807, 2.05) is 0 Å². The van der Waals surface area contributed by atoms with Crippen molar-refractivity contribution in [1.29, 1.82) is 0 Å². The van der Waals surface area contributed by atoms with Crippen LogP contribution in [0.15, 0.2) is 170 Å². The predicted molar refractivity (Wildman–Crippen MR) is 183 cm³/mol. The zero-order chi connectivity index (χ0) is 29.0. The van der Waals surface area contributed by atoms with Gasteiger partial charge in [0.1, 0.15) is 0 Å². The Bertz CT molecular complexity index is 1920. The van der Waals surface area contributed by atoms with Crippen molar-refractivity contribution in [3.8, 4) is 44.5 Å². The summed E-state index contributed by atoms with van der Waals surface area (Å²) < 4.78 is 0. The molecule has 7 aromatic carbocycles. The van der Waals surface area contributed by atoms with Gasteiger partial charge < -0.3 is 0 Å². The van der Waals surface area contributed by atoms with Crippen LogP contribution in [0, 0.1) is 0 Å². The molecule has 0 nitrogen and oxygen atoms in total. The van der Waals surface area contributed by atoms with Gasteiger partial charge in [0.05, 0.1) is 0 Å². The fourth-order valence-corrected chi connectivity index (χ4v) is 7.64. The summed E-state index contributed by atoms with van der Waals surface area (Å²) in [4.78, 5) is 0. The average molecular weight is 559 g/mol. The van der Waals surface area contributed by atoms with Gasteiger partial charge in [0.2, 0.25) is 0 Å². The number of benzene rings is 7. The summed E-state index contributed by atoms with van der Waals surface area (Å²) in [5.41, 5.74) is 18.7. The Balaban J connectivity index is 1.02. The molecule has 0 N–H and O–H groups in total. The number of fused-ring (bicyclic) bond motifs is 6. The zero-order valence-electron chi connectivity index (χ0n) is 24.3. The standard InChI is InChI=1S/C44H30/c1-5-16-39-35(12-1)36-13-2-6-17-40(36)43(39)31-24-20-29(21-25-31)33-10-9-11-34(28-33)30-22-26-32(27-23-30)44-41-18-7-3-14-37(41)38-15-4-8-19-42(38)44/h1-28,43-44H. The summed E-state index contributed by atoms with van der Waals surface area (Å²) in [5.74, 6) is 0.556. The second kappa shape index (κ2) is 10.1. The third kappa shape index (κ3) is 3.92. The summed E-state index contributed by atoms with van der Waals surface area (Å²) in [7, 11) is 0. The van der Waals surface area contributed by atoms with Gasteiger partial charge in [0, 0.05) is 11.8 Å². The number of rotatable bonds is 4. The van der Waals surface area contributed by atoms with E-state index in [9.17, 15) is 0 Å². The van der Waals surface area contributed by atoms with Gasteiger partial charge in [-0.3, -0.25) is 0 Å². The molecule has 0 heterocycles. The first-order valence-electron chi connectivity index (χ1n) is 15.5. The van der Waals surface area contributed by atoms with Crippen LogP contribution < -0.4 is 0 Å². The summed E-state index contributed by atoms with van der Waals surface area (Å²) in [5, 5.41) is 0. The minimum absolute atomic E-state index is 0.278. The van der Waals surface area contributed by atoms with Crippen molar-refractivity contribution in [2.24, 2.45) is 0 Å². The Morgan fingerprint density at radius 3 is 0.909 bits per heavy atom. The lowest BCUT2D eigenvalue weighted by Crippen LogP contribution is -1.99. The first kappa shape index (κ1) is 25.1. The number of hydrogen-bond donors (Lipinski definition) is 0. The van der Waals surface area contributed by atoms with Crippen LogP contribution in [0.4, 0.5) is 0 Å². The molecule has 44 heavy (non-hydrogen) atoms. The highest BCUT2D eigenvalue weighted by Crippen LogP contribution is 2.49. The summed E-state index contributed by atoms with van der Waals surface area (Å²) in [6, 6.07) is 62.8. The summed E-state index contributed by atoms with van der Waals surface area (Å²) in [6.45, 7) is 0. The van der Waals surface area contributed by atoms with Crippen molar-refractivity contribution >= 4 is 0 Å². The van der Waals surface area contributed by atoms with Crippen LogP contribution in [0.5, 0.6) is 0 Å². The van der Waals surface area contributed by atoms with Crippen molar-refractivity contribution in [2.45, 2.75) is 11.8 Å². The van der Waals surface area contributed by atoms with Crippen molar-refractivity contribution in [1.82, 2.24) is 0 Å². The monoisotopic (exact) mass is 558 g/mol. The molecule has 7 aromatic rings. The van der Waals surface area contributed by atoms with E-state index in [-0.39, 0.29) is 11.8 Å². The largest absolute Gasteiger partial charge is 0.0619 e. The minimum atomic E-state index is 0.278. The average Bonchev–Trinajstić information content (AvgIpc) is 3.62. The van der Waals surface area contributed by atoms with E-state index in [1.54, 1.807) is 0 Å². The first-order chi connectivity index (χ1) is 21.8. The van der Waals surface area contributed by atoms with Gasteiger partial charge in [-0.25, -0.2) is 0 Å². The molecule has 0 bridgehead atoms. The quantitative estimate of drug-likeness (QED) is 0.201. The highest BCUT2D eigenvalue weighted by molar-refractivity contribution is 5.82. The molecule has 0 saturated heterocycles. The Hall–Kier alpha value is -5.46. The van der Waals surface area contributed by atoms with Crippen LogP contribution in [0.25, 0.3) is 44.5 Å². The van der Waals surface area contributed by atoms with E-state index in [0.29, 0.717) is 0 Å². The first-order valence-corrected chi connectivity index (χ1v) is 15.5. The normalized spacial score (nSPS) is 13.3. The molecule has 9 rings (SSSR count). The van der Waals surface area contributed by atoms with Crippen LogP contribution in [0.2, 0.25) is 0 Å². The molecule has 0 fully saturated rings. The smallest absolute Gasteiger partial charge is 0.0352 e. The van der Waals surface area contributed by atoms with Crippen LogP contribution in [0.3, 0.4) is 0 Å². The van der Waals surface area contributed by atoms with Crippen molar-refractivity contribution < 1.29 is 0 Å². The highest BCUT2D eigenvalue weighted by Gasteiger charge is 2.30. The van der Waals surface area contributed by atoms with Crippen LogP contribution in [-0.4, -0.2) is 0 Å². The maximum atomic E-state index is 2.32. The Labute approximate surface area is 258 Å². The van der Waals surface area contributed by atoms with Crippen molar-refractivity contribution in [3.05, 3.63) is 203 Å². The molecule has 2 aliphatic rings. The molecule has 0 atom stereocenters. The third-order valence-corrected chi connectivity index (χ3v) is 9.68. The fourth-order valence-electron chi connectivity index (χ4n) is 7.64. The Kier molecular flexibility index (Phi) is 5.74. The van der Waals surface area contributed by atoms with Gasteiger partial charge in [0.25, 0.3) is 0 Å². The lowest BCUT2D eigenvalue weighted by Gasteiger charge is -2.16. The lowest BCUT2D eigenvalue weighted by atomic mass is 9.87. The fraction of sp³-hybridized carbons (Fsp3) is 0.0455. The number of hydrogen-bond acceptors (Lipinski definition) is 0. The molecular weight excluding hydrogens is 528 g/mol. The molecule has 2 aliphatic carbocycles. The Morgan fingerprint density at radius 1 is 0.250 bits per heavy atom. The van der Waals surface area contributed by atoms with Crippen LogP contribution in [-0.2, 0) is 0 Å². The van der Waals surface area contributed by atoms with E-state index in [0.717, 1.165) is 0 Å². The molecule has 0 saturated carbocycles. The zero-order valence-corrected chi connectivity index (χ0v) is 24.3. The molecule has 0 spiro atoms. The van der Waals surface area contributed by atoms with E-state index < -0.39 is 0 Å². The Morgan fingerprint density at radius 2 is 0.568 bits per heavy atom. The second-order valence-corrected chi connectivity index (χ2v) is 12.0. The molecule has 206 valence electrons. The molecule has 0 radical (unpaired) electrons. The van der Waals surface area contributed by atoms with Gasteiger partial charge in [-0.05, 0) is 84.0 Å². The summed E-state index contributed by atoms with van der Waals surface area (Å²) in [6.07, 6.45) is 0. The van der Waals surface area contributed by atoms with Gasteiger partial charge in [-0.1, -0.05) is 164 Å². The van der Waals surface area contributed by atoms with E-state index in [4.69, 9.17) is 0 Å². The third-order valence-electron chi connectivity index (χ3n) is 9.68. The molecule has 0 aromatic heterocycles. The van der Waals surface area contributed by atoms with E-state index >= 15 is 0 Å². The van der Waals surface area contributed by atoms with Gasteiger partial charge in [-0.2, -0.15) is 0 Å². The lowest BCUT2D eigenvalue weighted by molar-refractivity contribution is 1.02. The molecule has 0 aliphatic heterocycles. The van der Waals surface area contributed by atoms with Gasteiger partial charge in [0.15, 0.2) is 0 Å². The van der Waals surface area contributed by atoms with Gasteiger partial charge >= 0.3 is 0 Å². The van der Waals surface area contributed by atoms with Crippen molar-refractivity contribution in [3.63, 3.8) is 0 Å². The highest BCUT2D eigenvalue weighted by atomic mass is 14.3. The molecular formula is C44H30. The van der Waals surface area contributed by atoms with E-state index in [2.05, 4.69) is 170 Å². The van der Waals surface area contributed by atoms with Crippen LogP contribution in [0.1, 0.15) is 45.2 Å². The summed E-state index contributed by atoms with van der Waals surface area (Å²) >= 11 is 0.